The van der Waals surface area contributed by atoms with Crippen molar-refractivity contribution in [2.75, 3.05) is 6.61 Å². The van der Waals surface area contributed by atoms with Crippen LogP contribution in [0.2, 0.25) is 5.04 Å². The maximum absolute atomic E-state index is 12.1. The van der Waals surface area contributed by atoms with Gasteiger partial charge in [0.2, 0.25) is 5.91 Å². The van der Waals surface area contributed by atoms with Crippen molar-refractivity contribution in [1.82, 2.24) is 5.32 Å². The monoisotopic (exact) mass is 523 g/mol. The molecule has 2 heterocycles. The number of amides is 1. The van der Waals surface area contributed by atoms with E-state index in [1.807, 2.05) is 32.1 Å². The van der Waals surface area contributed by atoms with Gasteiger partial charge in [0, 0.05) is 6.92 Å². The van der Waals surface area contributed by atoms with Crippen LogP contribution < -0.4 is 15.7 Å². The van der Waals surface area contributed by atoms with Crippen LogP contribution in [0.5, 0.6) is 0 Å². The Kier molecular flexibility index (Phi) is 8.12. The van der Waals surface area contributed by atoms with E-state index in [1.54, 1.807) is 0 Å². The lowest BCUT2D eigenvalue weighted by atomic mass is 9.91. The van der Waals surface area contributed by atoms with E-state index in [0.29, 0.717) is 13.0 Å². The van der Waals surface area contributed by atoms with E-state index in [4.69, 9.17) is 18.6 Å². The molecule has 0 radical (unpaired) electrons. The Morgan fingerprint density at radius 1 is 1.00 bits per heavy atom. The second-order valence-electron chi connectivity index (χ2n) is 11.5. The minimum absolute atomic E-state index is 0.128. The molecule has 0 saturated carbocycles. The fourth-order valence-corrected chi connectivity index (χ4v) is 10.4. The first kappa shape index (κ1) is 27.7. The van der Waals surface area contributed by atoms with Crippen LogP contribution in [0.25, 0.3) is 0 Å². The Labute approximate surface area is 222 Å². The molecule has 5 atom stereocenters. The van der Waals surface area contributed by atoms with Crippen molar-refractivity contribution in [2.45, 2.75) is 89.2 Å². The summed E-state index contributed by atoms with van der Waals surface area (Å²) in [5, 5.41) is 5.31. The van der Waals surface area contributed by atoms with Gasteiger partial charge in [-0.15, -0.1) is 6.58 Å². The molecule has 0 bridgehead atoms. The Balaban J connectivity index is 1.72. The Morgan fingerprint density at radius 2 is 1.54 bits per heavy atom. The molecule has 2 aromatic rings. The number of carbonyl (C=O) groups is 1. The van der Waals surface area contributed by atoms with Crippen molar-refractivity contribution < 1.29 is 23.4 Å². The minimum atomic E-state index is -2.76. The number of hydrogen-bond acceptors (Lipinski definition) is 5. The van der Waals surface area contributed by atoms with Gasteiger partial charge in [-0.2, -0.15) is 0 Å². The number of ether oxygens (including phenoxy) is 3. The molecule has 200 valence electrons. The first-order valence-electron chi connectivity index (χ1n) is 13.1. The van der Waals surface area contributed by atoms with Gasteiger partial charge in [-0.05, 0) is 35.7 Å². The lowest BCUT2D eigenvalue weighted by Crippen LogP contribution is -2.68. The molecule has 2 aliphatic heterocycles. The van der Waals surface area contributed by atoms with E-state index in [2.05, 4.69) is 81.2 Å². The molecule has 2 aromatic carbocycles. The Morgan fingerprint density at radius 3 is 2.03 bits per heavy atom. The van der Waals surface area contributed by atoms with Crippen molar-refractivity contribution >= 4 is 24.6 Å². The maximum atomic E-state index is 12.1. The molecule has 37 heavy (non-hydrogen) atoms. The number of benzene rings is 2. The number of rotatable bonds is 8. The number of fused-ring (bicyclic) bond motifs is 1. The highest BCUT2D eigenvalue weighted by atomic mass is 28.4. The van der Waals surface area contributed by atoms with Gasteiger partial charge in [-0.1, -0.05) is 87.5 Å². The average Bonchev–Trinajstić information content (AvgIpc) is 3.17. The number of carbonyl (C=O) groups excluding carboxylic acids is 1. The average molecular weight is 524 g/mol. The van der Waals surface area contributed by atoms with Gasteiger partial charge < -0.3 is 24.0 Å². The molecule has 0 spiro atoms. The minimum Gasteiger partial charge on any atom is -0.405 e. The van der Waals surface area contributed by atoms with Gasteiger partial charge in [-0.3, -0.25) is 4.79 Å². The molecule has 0 aliphatic carbocycles. The van der Waals surface area contributed by atoms with Crippen molar-refractivity contribution in [3.63, 3.8) is 0 Å². The van der Waals surface area contributed by atoms with E-state index >= 15 is 0 Å². The summed E-state index contributed by atoms with van der Waals surface area (Å²) in [4.78, 5) is 12.1. The molecule has 2 aliphatic rings. The van der Waals surface area contributed by atoms with Gasteiger partial charge in [0.05, 0.1) is 18.8 Å². The van der Waals surface area contributed by atoms with Gasteiger partial charge in [0.1, 0.15) is 18.3 Å². The summed E-state index contributed by atoms with van der Waals surface area (Å²) in [6, 6.07) is 20.8. The topological polar surface area (TPSA) is 66.0 Å². The normalized spacial score (nSPS) is 27.4. The van der Waals surface area contributed by atoms with Crippen LogP contribution in [0.4, 0.5) is 0 Å². The standard InChI is InChI=1S/C30H41NO5Si/c1-8-15-24-26(31-21(2)32)28-27(35-30(6,7)36-28)25(34-24)20-33-37(29(3,4)5,22-16-11-9-12-17-22)23-18-13-10-14-19-23/h8-14,16-19,24-28H,1,15,20H2,2-7H3,(H,31,32)/t24?,25-,26-,27+,28-/m1/s1. The van der Waals surface area contributed by atoms with E-state index in [0.717, 1.165) is 0 Å². The second kappa shape index (κ2) is 10.8. The van der Waals surface area contributed by atoms with E-state index in [9.17, 15) is 4.79 Å². The molecule has 0 aromatic heterocycles. The lowest BCUT2D eigenvalue weighted by molar-refractivity contribution is -0.167. The molecule has 2 saturated heterocycles. The Bertz CT molecular complexity index is 1030. The van der Waals surface area contributed by atoms with Crippen LogP contribution in [-0.4, -0.2) is 57.1 Å². The van der Waals surface area contributed by atoms with Gasteiger partial charge in [0.25, 0.3) is 8.32 Å². The summed E-state index contributed by atoms with van der Waals surface area (Å²) in [6.45, 7) is 16.4. The summed E-state index contributed by atoms with van der Waals surface area (Å²) in [7, 11) is -2.76. The van der Waals surface area contributed by atoms with E-state index in [1.165, 1.54) is 17.3 Å². The smallest absolute Gasteiger partial charge is 0.261 e. The molecule has 1 N–H and O–H groups in total. The predicted octanol–water partition coefficient (Wildman–Crippen LogP) is 3.93. The first-order chi connectivity index (χ1) is 17.5. The van der Waals surface area contributed by atoms with E-state index < -0.39 is 14.1 Å². The zero-order valence-electron chi connectivity index (χ0n) is 22.9. The largest absolute Gasteiger partial charge is 0.405 e. The second-order valence-corrected chi connectivity index (χ2v) is 15.8. The van der Waals surface area contributed by atoms with Crippen LogP contribution in [0.1, 0.15) is 48.0 Å². The quantitative estimate of drug-likeness (QED) is 0.420. The third kappa shape index (κ3) is 5.61. The summed E-state index contributed by atoms with van der Waals surface area (Å²) in [5.41, 5.74) is 0. The van der Waals surface area contributed by atoms with Gasteiger partial charge >= 0.3 is 0 Å². The highest BCUT2D eigenvalue weighted by Gasteiger charge is 2.57. The first-order valence-corrected chi connectivity index (χ1v) is 15.0. The van der Waals surface area contributed by atoms with Crippen LogP contribution in [-0.2, 0) is 23.4 Å². The molecular weight excluding hydrogens is 482 g/mol. The highest BCUT2D eigenvalue weighted by molar-refractivity contribution is 6.99. The molecular formula is C30H41NO5Si. The molecule has 6 nitrogen and oxygen atoms in total. The number of nitrogens with one attached hydrogen (secondary N) is 1. The molecule has 4 rings (SSSR count). The zero-order valence-corrected chi connectivity index (χ0v) is 23.9. The Hall–Kier alpha value is -2.29. The van der Waals surface area contributed by atoms with Crippen LogP contribution in [0.3, 0.4) is 0 Å². The van der Waals surface area contributed by atoms with Crippen molar-refractivity contribution in [2.24, 2.45) is 0 Å². The zero-order chi connectivity index (χ0) is 26.8. The fourth-order valence-electron chi connectivity index (χ4n) is 5.86. The predicted molar refractivity (Wildman–Crippen MR) is 148 cm³/mol. The van der Waals surface area contributed by atoms with Gasteiger partial charge in [-0.25, -0.2) is 0 Å². The van der Waals surface area contributed by atoms with E-state index in [-0.39, 0.29) is 41.4 Å². The summed E-state index contributed by atoms with van der Waals surface area (Å²) in [5.74, 6) is -0.926. The maximum Gasteiger partial charge on any atom is 0.261 e. The van der Waals surface area contributed by atoms with Crippen molar-refractivity contribution in [3.05, 3.63) is 73.3 Å². The molecule has 1 amide bonds. The molecule has 1 unspecified atom stereocenters. The van der Waals surface area contributed by atoms with Gasteiger partial charge in [0.15, 0.2) is 5.79 Å². The fraction of sp³-hybridized carbons (Fsp3) is 0.500. The lowest BCUT2D eigenvalue weighted by Gasteiger charge is -2.46. The molecule has 7 heteroatoms. The third-order valence-electron chi connectivity index (χ3n) is 7.28. The molecule has 2 fully saturated rings. The number of hydrogen-bond donors (Lipinski definition) is 1. The third-order valence-corrected chi connectivity index (χ3v) is 12.3. The van der Waals surface area contributed by atoms with Crippen molar-refractivity contribution in [3.8, 4) is 0 Å². The highest BCUT2D eigenvalue weighted by Crippen LogP contribution is 2.41. The SMILES string of the molecule is C=CCC1O[C@H](CO[Si](c2ccccc2)(c2ccccc2)C(C)(C)C)[C@@H]2OC(C)(C)O[C@@H]2[C@@H]1NC(C)=O. The summed E-state index contributed by atoms with van der Waals surface area (Å²) < 4.78 is 26.5. The summed E-state index contributed by atoms with van der Waals surface area (Å²) in [6.07, 6.45) is 0.988. The van der Waals surface area contributed by atoms with Crippen LogP contribution in [0.15, 0.2) is 73.3 Å². The van der Waals surface area contributed by atoms with Crippen molar-refractivity contribution in [1.29, 1.82) is 0 Å². The van der Waals surface area contributed by atoms with Crippen LogP contribution >= 0.6 is 0 Å². The van der Waals surface area contributed by atoms with Crippen LogP contribution in [0, 0.1) is 0 Å². The summed E-state index contributed by atoms with van der Waals surface area (Å²) >= 11 is 0.